The van der Waals surface area contributed by atoms with Crippen molar-refractivity contribution in [2.24, 2.45) is 0 Å². The first kappa shape index (κ1) is 18.6. The highest BCUT2D eigenvalue weighted by Gasteiger charge is 2.13. The molecular formula is C14H19BrClN3O3. The van der Waals surface area contributed by atoms with Gasteiger partial charge in [-0.1, -0.05) is 11.6 Å². The molecule has 0 bridgehead atoms. The predicted octanol–water partition coefficient (Wildman–Crippen LogP) is 3.15. The van der Waals surface area contributed by atoms with Crippen LogP contribution < -0.4 is 20.7 Å². The monoisotopic (exact) mass is 391 g/mol. The van der Waals surface area contributed by atoms with Crippen LogP contribution in [0.1, 0.15) is 20.8 Å². The van der Waals surface area contributed by atoms with Gasteiger partial charge in [-0.3, -0.25) is 10.1 Å². The first-order chi connectivity index (χ1) is 10.3. The summed E-state index contributed by atoms with van der Waals surface area (Å²) in [4.78, 5) is 23.2. The van der Waals surface area contributed by atoms with Gasteiger partial charge in [-0.25, -0.2) is 4.79 Å². The molecule has 1 aromatic carbocycles. The molecule has 122 valence electrons. The summed E-state index contributed by atoms with van der Waals surface area (Å²) in [6.45, 7) is 5.85. The zero-order valence-electron chi connectivity index (χ0n) is 12.6. The number of hydrogen-bond acceptors (Lipinski definition) is 4. The van der Waals surface area contributed by atoms with Gasteiger partial charge in [0.25, 0.3) is 0 Å². The van der Waals surface area contributed by atoms with Crippen molar-refractivity contribution in [1.82, 2.24) is 10.6 Å². The van der Waals surface area contributed by atoms with Crippen molar-refractivity contribution in [2.75, 3.05) is 18.5 Å². The summed E-state index contributed by atoms with van der Waals surface area (Å²) in [6, 6.07) is 2.78. The number of nitrogens with one attached hydrogen (secondary N) is 3. The molecule has 8 heteroatoms. The second kappa shape index (κ2) is 8.85. The van der Waals surface area contributed by atoms with Gasteiger partial charge in [0.15, 0.2) is 5.75 Å². The number of ether oxygens (including phenoxy) is 1. The van der Waals surface area contributed by atoms with Crippen LogP contribution in [0.5, 0.6) is 5.75 Å². The SMILES string of the molecule is CCOc1c(Br)cc(Cl)cc1NCC(=O)NC(=O)NC(C)C. The van der Waals surface area contributed by atoms with Crippen molar-refractivity contribution in [1.29, 1.82) is 0 Å². The highest BCUT2D eigenvalue weighted by atomic mass is 79.9. The Labute approximate surface area is 143 Å². The largest absolute Gasteiger partial charge is 0.491 e. The maximum Gasteiger partial charge on any atom is 0.321 e. The van der Waals surface area contributed by atoms with E-state index in [1.54, 1.807) is 26.0 Å². The quantitative estimate of drug-likeness (QED) is 0.695. The molecule has 3 N–H and O–H groups in total. The minimum absolute atomic E-state index is 0.0470. The Kier molecular flexibility index (Phi) is 7.47. The zero-order chi connectivity index (χ0) is 16.7. The van der Waals surface area contributed by atoms with Gasteiger partial charge in [0.05, 0.1) is 23.3 Å². The van der Waals surface area contributed by atoms with E-state index in [-0.39, 0.29) is 12.6 Å². The third-order valence-corrected chi connectivity index (χ3v) is 3.22. The molecule has 1 aromatic rings. The number of benzene rings is 1. The van der Waals surface area contributed by atoms with Crippen LogP contribution in [0.25, 0.3) is 0 Å². The molecule has 0 saturated carbocycles. The summed E-state index contributed by atoms with van der Waals surface area (Å²) in [7, 11) is 0. The van der Waals surface area contributed by atoms with Crippen LogP contribution in [0.3, 0.4) is 0 Å². The summed E-state index contributed by atoms with van der Waals surface area (Å²) in [6.07, 6.45) is 0. The van der Waals surface area contributed by atoms with Gasteiger partial charge in [-0.05, 0) is 48.8 Å². The Morgan fingerprint density at radius 3 is 2.64 bits per heavy atom. The van der Waals surface area contributed by atoms with Crippen molar-refractivity contribution in [2.45, 2.75) is 26.8 Å². The van der Waals surface area contributed by atoms with E-state index in [4.69, 9.17) is 16.3 Å². The summed E-state index contributed by atoms with van der Waals surface area (Å²) >= 11 is 9.35. The Balaban J connectivity index is 2.67. The molecule has 0 unspecified atom stereocenters. The fourth-order valence-electron chi connectivity index (χ4n) is 1.63. The number of hydrogen-bond donors (Lipinski definition) is 3. The lowest BCUT2D eigenvalue weighted by atomic mass is 10.3. The Bertz CT molecular complexity index is 552. The molecule has 0 heterocycles. The molecule has 0 aliphatic rings. The van der Waals surface area contributed by atoms with Gasteiger partial charge in [0.2, 0.25) is 5.91 Å². The zero-order valence-corrected chi connectivity index (χ0v) is 15.0. The maximum atomic E-state index is 11.7. The number of amides is 3. The molecule has 0 radical (unpaired) electrons. The number of urea groups is 1. The number of anilines is 1. The molecule has 22 heavy (non-hydrogen) atoms. The lowest BCUT2D eigenvalue weighted by molar-refractivity contribution is -0.118. The van der Waals surface area contributed by atoms with Crippen molar-refractivity contribution in [3.63, 3.8) is 0 Å². The first-order valence-corrected chi connectivity index (χ1v) is 7.96. The molecule has 3 amide bonds. The Hall–Kier alpha value is -1.47. The van der Waals surface area contributed by atoms with Gasteiger partial charge in [-0.2, -0.15) is 0 Å². The standard InChI is InChI=1S/C14H19BrClN3O3/c1-4-22-13-10(15)5-9(16)6-11(13)17-7-12(20)19-14(21)18-8(2)3/h5-6,8,17H,4,7H2,1-3H3,(H2,18,19,20,21). The summed E-state index contributed by atoms with van der Waals surface area (Å²) < 4.78 is 6.19. The van der Waals surface area contributed by atoms with E-state index in [1.165, 1.54) is 0 Å². The first-order valence-electron chi connectivity index (χ1n) is 6.79. The predicted molar refractivity (Wildman–Crippen MR) is 90.6 cm³/mol. The van der Waals surface area contributed by atoms with Crippen LogP contribution in [0, 0.1) is 0 Å². The smallest absolute Gasteiger partial charge is 0.321 e. The van der Waals surface area contributed by atoms with Crippen molar-refractivity contribution >= 4 is 45.2 Å². The number of rotatable bonds is 6. The average molecular weight is 393 g/mol. The number of carbonyl (C=O) groups is 2. The van der Waals surface area contributed by atoms with Crippen LogP contribution >= 0.6 is 27.5 Å². The molecule has 0 aliphatic carbocycles. The van der Waals surface area contributed by atoms with Crippen LogP contribution in [-0.2, 0) is 4.79 Å². The molecule has 0 aromatic heterocycles. The summed E-state index contributed by atoms with van der Waals surface area (Å²) in [5.41, 5.74) is 0.570. The van der Waals surface area contributed by atoms with Crippen molar-refractivity contribution in [3.8, 4) is 5.75 Å². The molecular weight excluding hydrogens is 374 g/mol. The third kappa shape index (κ3) is 6.11. The number of imide groups is 1. The molecule has 1 rings (SSSR count). The lowest BCUT2D eigenvalue weighted by Crippen LogP contribution is -2.44. The minimum Gasteiger partial charge on any atom is -0.491 e. The van der Waals surface area contributed by atoms with Gasteiger partial charge in [0.1, 0.15) is 0 Å². The summed E-state index contributed by atoms with van der Waals surface area (Å²) in [5.74, 6) is 0.100. The molecule has 0 atom stereocenters. The Morgan fingerprint density at radius 1 is 1.36 bits per heavy atom. The highest BCUT2D eigenvalue weighted by Crippen LogP contribution is 2.36. The molecule has 0 saturated heterocycles. The van der Waals surface area contributed by atoms with Gasteiger partial charge < -0.3 is 15.4 Å². The fraction of sp³-hybridized carbons (Fsp3) is 0.429. The van der Waals surface area contributed by atoms with E-state index in [0.717, 1.165) is 0 Å². The van der Waals surface area contributed by atoms with E-state index >= 15 is 0 Å². The van der Waals surface area contributed by atoms with Crippen LogP contribution in [0.2, 0.25) is 5.02 Å². The van der Waals surface area contributed by atoms with Gasteiger partial charge in [0, 0.05) is 11.1 Å². The number of carbonyl (C=O) groups excluding carboxylic acids is 2. The molecule has 6 nitrogen and oxygen atoms in total. The number of halogens is 2. The van der Waals surface area contributed by atoms with Crippen molar-refractivity contribution < 1.29 is 14.3 Å². The third-order valence-electron chi connectivity index (χ3n) is 2.41. The van der Waals surface area contributed by atoms with Crippen molar-refractivity contribution in [3.05, 3.63) is 21.6 Å². The van der Waals surface area contributed by atoms with Crippen LogP contribution in [0.4, 0.5) is 10.5 Å². The average Bonchev–Trinajstić information content (AvgIpc) is 2.38. The molecule has 0 spiro atoms. The normalized spacial score (nSPS) is 10.3. The Morgan fingerprint density at radius 2 is 2.05 bits per heavy atom. The highest BCUT2D eigenvalue weighted by molar-refractivity contribution is 9.10. The van der Waals surface area contributed by atoms with E-state index < -0.39 is 11.9 Å². The fourth-order valence-corrected chi connectivity index (χ4v) is 2.55. The van der Waals surface area contributed by atoms with Crippen LogP contribution in [0.15, 0.2) is 16.6 Å². The minimum atomic E-state index is -0.529. The molecule has 0 aliphatic heterocycles. The second-order valence-electron chi connectivity index (χ2n) is 4.73. The van der Waals surface area contributed by atoms with Gasteiger partial charge >= 0.3 is 6.03 Å². The van der Waals surface area contributed by atoms with E-state index in [1.807, 2.05) is 6.92 Å². The lowest BCUT2D eigenvalue weighted by Gasteiger charge is -2.15. The van der Waals surface area contributed by atoms with Gasteiger partial charge in [-0.15, -0.1) is 0 Å². The topological polar surface area (TPSA) is 79.5 Å². The van der Waals surface area contributed by atoms with Crippen LogP contribution in [-0.4, -0.2) is 31.1 Å². The second-order valence-corrected chi connectivity index (χ2v) is 6.02. The maximum absolute atomic E-state index is 11.7. The van der Waals surface area contributed by atoms with E-state index in [0.29, 0.717) is 27.5 Å². The van der Waals surface area contributed by atoms with E-state index in [9.17, 15) is 9.59 Å². The molecule has 0 fully saturated rings. The van der Waals surface area contributed by atoms with E-state index in [2.05, 4.69) is 31.9 Å². The summed E-state index contributed by atoms with van der Waals surface area (Å²) in [5, 5.41) is 8.20.